The summed E-state index contributed by atoms with van der Waals surface area (Å²) in [6.07, 6.45) is 43.0. The molecule has 0 bridgehead atoms. The Labute approximate surface area is 296 Å². The molecule has 0 aliphatic carbocycles. The summed E-state index contributed by atoms with van der Waals surface area (Å²) in [5.41, 5.74) is 5.32. The molecule has 0 saturated carbocycles. The summed E-state index contributed by atoms with van der Waals surface area (Å²) in [6.45, 7) is 3.32. The molecule has 3 N–H and O–H groups in total. The number of unbranched alkanes of at least 4 members (excludes halogenated alkanes) is 8. The number of rotatable bonds is 31. The molecule has 0 aromatic carbocycles. The van der Waals surface area contributed by atoms with Crippen molar-refractivity contribution in [3.8, 4) is 0 Å². The summed E-state index contributed by atoms with van der Waals surface area (Å²) in [5.74, 6) is -0.918. The fourth-order valence-electron chi connectivity index (χ4n) is 4.06. The summed E-state index contributed by atoms with van der Waals surface area (Å²) in [4.78, 5) is 34.6. The number of carbonyl (C=O) groups excluding carboxylic acids is 2. The Bertz CT molecular complexity index is 1120. The Morgan fingerprint density at radius 2 is 1.06 bits per heavy atom. The van der Waals surface area contributed by atoms with E-state index in [0.717, 1.165) is 64.2 Å². The van der Waals surface area contributed by atoms with Gasteiger partial charge in [0, 0.05) is 19.4 Å². The van der Waals surface area contributed by atoms with Crippen LogP contribution in [0.2, 0.25) is 0 Å². The largest absolute Gasteiger partial charge is 0.472 e. The minimum Gasteiger partial charge on any atom is -0.462 e. The lowest BCUT2D eigenvalue weighted by Gasteiger charge is -2.19. The zero-order chi connectivity index (χ0) is 36.1. The van der Waals surface area contributed by atoms with Crippen LogP contribution in [0.4, 0.5) is 0 Å². The minimum absolute atomic E-state index is 0.0367. The first-order chi connectivity index (χ1) is 23.8. The summed E-state index contributed by atoms with van der Waals surface area (Å²) < 4.78 is 32.5. The number of hydrogen-bond donors (Lipinski definition) is 2. The summed E-state index contributed by atoms with van der Waals surface area (Å²) in [6, 6.07) is 0. The summed E-state index contributed by atoms with van der Waals surface area (Å²) in [7, 11) is -4.39. The van der Waals surface area contributed by atoms with Crippen LogP contribution in [0, 0.1) is 0 Å². The van der Waals surface area contributed by atoms with Gasteiger partial charge in [-0.15, -0.1) is 0 Å². The summed E-state index contributed by atoms with van der Waals surface area (Å²) >= 11 is 0. The highest BCUT2D eigenvalue weighted by atomic mass is 31.2. The molecule has 9 nitrogen and oxygen atoms in total. The van der Waals surface area contributed by atoms with Crippen LogP contribution in [0.25, 0.3) is 0 Å². The van der Waals surface area contributed by atoms with Gasteiger partial charge in [-0.05, 0) is 51.4 Å². The zero-order valence-electron chi connectivity index (χ0n) is 29.9. The van der Waals surface area contributed by atoms with Gasteiger partial charge in [-0.3, -0.25) is 18.6 Å². The second-order valence-electron chi connectivity index (χ2n) is 11.2. The first-order valence-corrected chi connectivity index (χ1v) is 19.3. The lowest BCUT2D eigenvalue weighted by molar-refractivity contribution is -0.161. The maximum absolute atomic E-state index is 12.5. The predicted molar refractivity (Wildman–Crippen MR) is 201 cm³/mol. The average Bonchev–Trinajstić information content (AvgIpc) is 3.08. The smallest absolute Gasteiger partial charge is 0.462 e. The van der Waals surface area contributed by atoms with E-state index in [9.17, 15) is 19.0 Å². The van der Waals surface area contributed by atoms with Crippen molar-refractivity contribution in [2.75, 3.05) is 26.4 Å². The van der Waals surface area contributed by atoms with E-state index in [1.165, 1.54) is 0 Å². The topological polar surface area (TPSA) is 134 Å². The van der Waals surface area contributed by atoms with Gasteiger partial charge in [-0.25, -0.2) is 4.57 Å². The van der Waals surface area contributed by atoms with Gasteiger partial charge in [0.15, 0.2) is 6.10 Å². The van der Waals surface area contributed by atoms with Gasteiger partial charge in [0.1, 0.15) is 6.61 Å². The van der Waals surface area contributed by atoms with Crippen LogP contribution < -0.4 is 5.73 Å². The van der Waals surface area contributed by atoms with Gasteiger partial charge >= 0.3 is 19.8 Å². The van der Waals surface area contributed by atoms with Crippen LogP contribution in [-0.2, 0) is 32.7 Å². The Kier molecular flexibility index (Phi) is 32.6. The second kappa shape index (κ2) is 34.8. The average molecular weight is 704 g/mol. The molecule has 2 unspecified atom stereocenters. The molecule has 0 aromatic heterocycles. The molecule has 0 aliphatic rings. The molecule has 2 atom stereocenters. The van der Waals surface area contributed by atoms with E-state index in [2.05, 4.69) is 44.2 Å². The third-order valence-electron chi connectivity index (χ3n) is 6.65. The van der Waals surface area contributed by atoms with Crippen molar-refractivity contribution in [2.45, 2.75) is 110 Å². The standard InChI is InChI=1S/C39H62NO8P/c1-3-5-7-9-11-13-15-17-18-20-21-23-25-27-29-31-38(41)45-35-37(36-47-49(43,44)46-34-33-40)48-39(42)32-30-28-26-24-22-19-16-14-12-10-8-6-4-2/h5-19,22,37H,3-4,20-21,23-36,40H2,1-2H3,(H,43,44)/b7-5+,8-6+,11-9+,12-10+,15-13+,16-14+,18-17+,22-19+. The van der Waals surface area contributed by atoms with E-state index < -0.39 is 32.5 Å². The molecule has 10 heteroatoms. The van der Waals surface area contributed by atoms with Crippen molar-refractivity contribution in [2.24, 2.45) is 5.73 Å². The zero-order valence-corrected chi connectivity index (χ0v) is 30.8. The molecule has 0 amide bonds. The van der Waals surface area contributed by atoms with Crippen molar-refractivity contribution in [3.63, 3.8) is 0 Å². The molecular formula is C39H62NO8P. The van der Waals surface area contributed by atoms with Crippen LogP contribution >= 0.6 is 7.82 Å². The van der Waals surface area contributed by atoms with Gasteiger partial charge in [0.2, 0.25) is 0 Å². The lowest BCUT2D eigenvalue weighted by Crippen LogP contribution is -2.29. The third-order valence-corrected chi connectivity index (χ3v) is 7.64. The van der Waals surface area contributed by atoms with Gasteiger partial charge in [-0.2, -0.15) is 0 Å². The normalized spacial score (nSPS) is 14.6. The van der Waals surface area contributed by atoms with Crippen molar-refractivity contribution >= 4 is 19.8 Å². The van der Waals surface area contributed by atoms with Gasteiger partial charge < -0.3 is 20.1 Å². The number of hydrogen-bond acceptors (Lipinski definition) is 8. The number of ether oxygens (including phenoxy) is 2. The van der Waals surface area contributed by atoms with Crippen LogP contribution in [0.3, 0.4) is 0 Å². The molecule has 49 heavy (non-hydrogen) atoms. The molecule has 0 heterocycles. The van der Waals surface area contributed by atoms with Gasteiger partial charge in [0.25, 0.3) is 0 Å². The maximum Gasteiger partial charge on any atom is 0.472 e. The second-order valence-corrected chi connectivity index (χ2v) is 12.6. The molecule has 0 radical (unpaired) electrons. The number of allylic oxidation sites excluding steroid dienone is 16. The Balaban J connectivity index is 4.40. The Hall–Kier alpha value is -3.07. The molecule has 0 rings (SSSR count). The maximum atomic E-state index is 12.5. The first kappa shape index (κ1) is 45.9. The molecule has 0 aromatic rings. The molecule has 276 valence electrons. The Morgan fingerprint density at radius 3 is 1.59 bits per heavy atom. The number of carbonyl (C=O) groups is 2. The highest BCUT2D eigenvalue weighted by Gasteiger charge is 2.25. The van der Waals surface area contributed by atoms with Crippen LogP contribution in [0.5, 0.6) is 0 Å². The fraction of sp³-hybridized carbons (Fsp3) is 0.538. The van der Waals surface area contributed by atoms with E-state index in [-0.39, 0.29) is 32.6 Å². The number of phosphoric ester groups is 1. The molecule has 0 spiro atoms. The number of nitrogens with two attached hydrogens (primary N) is 1. The van der Waals surface area contributed by atoms with E-state index in [0.29, 0.717) is 12.8 Å². The highest BCUT2D eigenvalue weighted by molar-refractivity contribution is 7.47. The number of phosphoric acid groups is 1. The van der Waals surface area contributed by atoms with Gasteiger partial charge in [-0.1, -0.05) is 137 Å². The SMILES string of the molecule is CC/C=C/C=C/C=C/C=C/CCCCCCCC(=O)OCC(COP(=O)(O)OCCN)OC(=O)CCCCC/C=C/C=C/C=C/C=C/CC. The molecule has 0 fully saturated rings. The molecule has 0 saturated heterocycles. The quantitative estimate of drug-likeness (QED) is 0.0313. The summed E-state index contributed by atoms with van der Waals surface area (Å²) in [5, 5.41) is 0. The first-order valence-electron chi connectivity index (χ1n) is 17.8. The molecule has 0 aliphatic heterocycles. The van der Waals surface area contributed by atoms with Crippen molar-refractivity contribution in [3.05, 3.63) is 97.2 Å². The number of esters is 2. The predicted octanol–water partition coefficient (Wildman–Crippen LogP) is 9.48. The van der Waals surface area contributed by atoms with Crippen LogP contribution in [-0.4, -0.2) is 49.3 Å². The monoisotopic (exact) mass is 703 g/mol. The van der Waals surface area contributed by atoms with Crippen molar-refractivity contribution in [1.82, 2.24) is 0 Å². The Morgan fingerprint density at radius 1 is 0.612 bits per heavy atom. The van der Waals surface area contributed by atoms with E-state index in [1.807, 2.05) is 66.8 Å². The van der Waals surface area contributed by atoms with Crippen LogP contribution in [0.1, 0.15) is 104 Å². The van der Waals surface area contributed by atoms with E-state index in [1.54, 1.807) is 0 Å². The van der Waals surface area contributed by atoms with Gasteiger partial charge in [0.05, 0.1) is 13.2 Å². The molecular weight excluding hydrogens is 641 g/mol. The van der Waals surface area contributed by atoms with Crippen molar-refractivity contribution < 1.29 is 37.6 Å². The van der Waals surface area contributed by atoms with E-state index in [4.69, 9.17) is 24.3 Å². The minimum atomic E-state index is -4.39. The fourth-order valence-corrected chi connectivity index (χ4v) is 4.83. The lowest BCUT2D eigenvalue weighted by atomic mass is 10.1. The van der Waals surface area contributed by atoms with Crippen LogP contribution in [0.15, 0.2) is 97.2 Å². The van der Waals surface area contributed by atoms with E-state index >= 15 is 0 Å². The van der Waals surface area contributed by atoms with Crippen molar-refractivity contribution in [1.29, 1.82) is 0 Å². The third kappa shape index (κ3) is 34.6. The highest BCUT2D eigenvalue weighted by Crippen LogP contribution is 2.43.